The third kappa shape index (κ3) is 3.10. The Kier molecular flexibility index (Phi) is 4.65. The fourth-order valence-electron chi connectivity index (χ4n) is 2.92. The van der Waals surface area contributed by atoms with E-state index in [0.717, 1.165) is 21.9 Å². The molecule has 0 fully saturated rings. The van der Waals surface area contributed by atoms with Gasteiger partial charge in [0.05, 0.1) is 11.0 Å². The van der Waals surface area contributed by atoms with Crippen LogP contribution in [0.1, 0.15) is 11.1 Å². The van der Waals surface area contributed by atoms with Gasteiger partial charge in [-0.3, -0.25) is 0 Å². The van der Waals surface area contributed by atoms with Crippen molar-refractivity contribution in [3.8, 4) is 0 Å². The summed E-state index contributed by atoms with van der Waals surface area (Å²) in [6.45, 7) is 0. The molecule has 1 nitrogen and oxygen atoms in total. The van der Waals surface area contributed by atoms with Gasteiger partial charge in [-0.2, -0.15) is 0 Å². The summed E-state index contributed by atoms with van der Waals surface area (Å²) in [6.07, 6.45) is 0.914. The molecular weight excluding hydrogens is 370 g/mol. The molecule has 0 N–H and O–H groups in total. The molecule has 0 aliphatic heterocycles. The zero-order chi connectivity index (χ0) is 14.9. The summed E-state index contributed by atoms with van der Waals surface area (Å²) in [6, 6.07) is 25.3. The highest BCUT2D eigenvalue weighted by Crippen LogP contribution is 2.28. The Morgan fingerprint density at radius 1 is 0.696 bits per heavy atom. The summed E-state index contributed by atoms with van der Waals surface area (Å²) in [7, 11) is 0. The van der Waals surface area contributed by atoms with Crippen LogP contribution in [0.5, 0.6) is 0 Å². The van der Waals surface area contributed by atoms with Crippen LogP contribution < -0.4 is 0 Å². The molecule has 0 aliphatic carbocycles. The van der Waals surface area contributed by atoms with Crippen molar-refractivity contribution in [2.45, 2.75) is 6.42 Å². The molecule has 23 heavy (non-hydrogen) atoms. The summed E-state index contributed by atoms with van der Waals surface area (Å²) >= 11 is 3.50. The zero-order valence-electron chi connectivity index (χ0n) is 12.4. The number of halogens is 2. The average Bonchev–Trinajstić information content (AvgIpc) is 2.56. The second-order valence-corrected chi connectivity index (χ2v) is 6.34. The summed E-state index contributed by atoms with van der Waals surface area (Å²) in [5.41, 5.74) is 4.79. The van der Waals surface area contributed by atoms with Crippen LogP contribution in [0.2, 0.25) is 0 Å². The van der Waals surface area contributed by atoms with E-state index in [4.69, 9.17) is 4.98 Å². The van der Waals surface area contributed by atoms with Crippen molar-refractivity contribution in [2.75, 3.05) is 0 Å². The fraction of sp³-hybridized carbons (Fsp3) is 0.0500. The summed E-state index contributed by atoms with van der Waals surface area (Å²) in [5.74, 6) is 0. The summed E-state index contributed by atoms with van der Waals surface area (Å²) < 4.78 is 1.11. The lowest BCUT2D eigenvalue weighted by Crippen LogP contribution is -1.94. The SMILES string of the molecule is Brc1ccc(Cc2c3ccccc3nc3ccccc23)cc1.Cl. The van der Waals surface area contributed by atoms with E-state index in [1.807, 2.05) is 12.1 Å². The maximum absolute atomic E-state index is 4.79. The van der Waals surface area contributed by atoms with Crippen molar-refractivity contribution < 1.29 is 0 Å². The highest BCUT2D eigenvalue weighted by atomic mass is 79.9. The molecule has 0 spiro atoms. The molecule has 0 saturated carbocycles. The fourth-order valence-corrected chi connectivity index (χ4v) is 3.19. The Morgan fingerprint density at radius 2 is 1.22 bits per heavy atom. The normalized spacial score (nSPS) is 10.7. The standard InChI is InChI=1S/C20H14BrN.ClH/c21-15-11-9-14(10-12-15)13-18-16-5-1-3-7-19(16)22-20-8-4-2-6-17(18)20;/h1-12H,13H2;1H. The molecule has 0 radical (unpaired) electrons. The molecule has 3 aromatic carbocycles. The molecule has 1 aromatic heterocycles. The number of para-hydroxylation sites is 2. The lowest BCUT2D eigenvalue weighted by molar-refractivity contribution is 1.22. The Labute approximate surface area is 149 Å². The molecule has 4 aromatic rings. The van der Waals surface area contributed by atoms with Crippen LogP contribution in [-0.2, 0) is 6.42 Å². The largest absolute Gasteiger partial charge is 0.248 e. The first-order valence-corrected chi connectivity index (χ1v) is 8.11. The lowest BCUT2D eigenvalue weighted by atomic mass is 9.96. The number of pyridine rings is 1. The number of nitrogens with zero attached hydrogens (tertiary/aromatic N) is 1. The van der Waals surface area contributed by atoms with Crippen molar-refractivity contribution in [1.29, 1.82) is 0 Å². The third-order valence-corrected chi connectivity index (χ3v) is 4.52. The number of benzene rings is 3. The second kappa shape index (κ2) is 6.69. The monoisotopic (exact) mass is 383 g/mol. The number of hydrogen-bond acceptors (Lipinski definition) is 1. The van der Waals surface area contributed by atoms with Gasteiger partial charge in [-0.1, -0.05) is 64.5 Å². The third-order valence-electron chi connectivity index (χ3n) is 3.99. The van der Waals surface area contributed by atoms with Crippen molar-refractivity contribution in [1.82, 2.24) is 4.98 Å². The van der Waals surface area contributed by atoms with Crippen LogP contribution in [-0.4, -0.2) is 4.98 Å². The molecular formula is C20H15BrClN. The first-order chi connectivity index (χ1) is 10.8. The molecule has 0 atom stereocenters. The lowest BCUT2D eigenvalue weighted by Gasteiger charge is -2.11. The van der Waals surface area contributed by atoms with Crippen LogP contribution in [0.4, 0.5) is 0 Å². The maximum atomic E-state index is 4.79. The molecule has 0 saturated heterocycles. The van der Waals surface area contributed by atoms with Gasteiger partial charge in [0.25, 0.3) is 0 Å². The number of aromatic nitrogens is 1. The molecule has 114 valence electrons. The van der Waals surface area contributed by atoms with Gasteiger partial charge in [0.15, 0.2) is 0 Å². The van der Waals surface area contributed by atoms with Crippen molar-refractivity contribution in [3.63, 3.8) is 0 Å². The predicted octanol–water partition coefficient (Wildman–Crippen LogP) is 6.16. The molecule has 0 aliphatic rings. The van der Waals surface area contributed by atoms with E-state index in [1.54, 1.807) is 0 Å². The summed E-state index contributed by atoms with van der Waals surface area (Å²) in [4.78, 5) is 4.79. The average molecular weight is 385 g/mol. The smallest absolute Gasteiger partial charge is 0.0712 e. The minimum absolute atomic E-state index is 0. The molecule has 3 heteroatoms. The van der Waals surface area contributed by atoms with E-state index in [9.17, 15) is 0 Å². The van der Waals surface area contributed by atoms with Gasteiger partial charge in [-0.05, 0) is 41.8 Å². The van der Waals surface area contributed by atoms with Crippen molar-refractivity contribution >= 4 is 50.1 Å². The molecule has 1 heterocycles. The van der Waals surface area contributed by atoms with Gasteiger partial charge >= 0.3 is 0 Å². The van der Waals surface area contributed by atoms with Crippen LogP contribution in [0.15, 0.2) is 77.3 Å². The van der Waals surface area contributed by atoms with E-state index >= 15 is 0 Å². The van der Waals surface area contributed by atoms with E-state index in [-0.39, 0.29) is 12.4 Å². The Bertz CT molecular complexity index is 910. The predicted molar refractivity (Wildman–Crippen MR) is 103 cm³/mol. The zero-order valence-corrected chi connectivity index (χ0v) is 14.8. The topological polar surface area (TPSA) is 12.9 Å². The second-order valence-electron chi connectivity index (χ2n) is 5.43. The Morgan fingerprint density at radius 3 is 1.78 bits per heavy atom. The number of hydrogen-bond donors (Lipinski definition) is 0. The molecule has 0 unspecified atom stereocenters. The van der Waals surface area contributed by atoms with Crippen LogP contribution in [0.25, 0.3) is 21.8 Å². The van der Waals surface area contributed by atoms with Gasteiger partial charge < -0.3 is 0 Å². The van der Waals surface area contributed by atoms with Gasteiger partial charge in [-0.25, -0.2) is 4.98 Å². The highest BCUT2D eigenvalue weighted by Gasteiger charge is 2.09. The van der Waals surface area contributed by atoms with E-state index in [2.05, 4.69) is 76.6 Å². The van der Waals surface area contributed by atoms with Crippen molar-refractivity contribution in [3.05, 3.63) is 88.4 Å². The summed E-state index contributed by atoms with van der Waals surface area (Å²) in [5, 5.41) is 2.48. The Hall–Kier alpha value is -1.90. The minimum atomic E-state index is 0. The van der Waals surface area contributed by atoms with Gasteiger partial charge in [0.2, 0.25) is 0 Å². The van der Waals surface area contributed by atoms with E-state index < -0.39 is 0 Å². The molecule has 0 amide bonds. The number of fused-ring (bicyclic) bond motifs is 2. The Balaban J connectivity index is 0.00000156. The van der Waals surface area contributed by atoms with E-state index in [0.29, 0.717) is 0 Å². The first kappa shape index (κ1) is 16.0. The van der Waals surface area contributed by atoms with E-state index in [1.165, 1.54) is 21.9 Å². The van der Waals surface area contributed by atoms with Crippen LogP contribution in [0.3, 0.4) is 0 Å². The van der Waals surface area contributed by atoms with Crippen LogP contribution in [0, 0.1) is 0 Å². The first-order valence-electron chi connectivity index (χ1n) is 7.32. The van der Waals surface area contributed by atoms with Gasteiger partial charge in [0, 0.05) is 15.2 Å². The minimum Gasteiger partial charge on any atom is -0.248 e. The van der Waals surface area contributed by atoms with Gasteiger partial charge in [0.1, 0.15) is 0 Å². The van der Waals surface area contributed by atoms with Crippen molar-refractivity contribution in [2.24, 2.45) is 0 Å². The quantitative estimate of drug-likeness (QED) is 0.377. The van der Waals surface area contributed by atoms with Gasteiger partial charge in [-0.15, -0.1) is 12.4 Å². The highest BCUT2D eigenvalue weighted by molar-refractivity contribution is 9.10. The van der Waals surface area contributed by atoms with Crippen LogP contribution >= 0.6 is 28.3 Å². The molecule has 4 rings (SSSR count). The number of rotatable bonds is 2. The maximum Gasteiger partial charge on any atom is 0.0712 e. The molecule has 0 bridgehead atoms.